The van der Waals surface area contributed by atoms with Crippen LogP contribution in [0.25, 0.3) is 0 Å². The summed E-state index contributed by atoms with van der Waals surface area (Å²) in [5.41, 5.74) is 1.34. The molecule has 22 heavy (non-hydrogen) atoms. The van der Waals surface area contributed by atoms with Crippen molar-refractivity contribution >= 4 is 5.78 Å². The Hall–Kier alpha value is -1.35. The molecule has 0 N–H and O–H groups in total. The van der Waals surface area contributed by atoms with E-state index in [0.29, 0.717) is 17.9 Å². The lowest BCUT2D eigenvalue weighted by Crippen LogP contribution is -2.51. The van der Waals surface area contributed by atoms with Gasteiger partial charge in [0.05, 0.1) is 7.11 Å². The molecule has 0 bridgehead atoms. The number of nitrogens with zero attached hydrogens (tertiary/aromatic N) is 1. The number of benzene rings is 1. The summed E-state index contributed by atoms with van der Waals surface area (Å²) in [6, 6.07) is 9.42. The molecule has 0 radical (unpaired) electrons. The van der Waals surface area contributed by atoms with E-state index in [1.165, 1.54) is 31.2 Å². The minimum Gasteiger partial charge on any atom is -0.497 e. The highest BCUT2D eigenvalue weighted by Crippen LogP contribution is 2.46. The number of ketones is 1. The molecule has 2 unspecified atom stereocenters. The molecular weight excluding hydrogens is 274 g/mol. The van der Waals surface area contributed by atoms with Crippen molar-refractivity contribution in [1.29, 1.82) is 0 Å². The van der Waals surface area contributed by atoms with E-state index in [1.807, 2.05) is 12.1 Å². The second kappa shape index (κ2) is 5.69. The summed E-state index contributed by atoms with van der Waals surface area (Å²) in [6.07, 6.45) is 6.82. The molecule has 0 amide bonds. The summed E-state index contributed by atoms with van der Waals surface area (Å²) < 4.78 is 5.25. The maximum atomic E-state index is 12.2. The van der Waals surface area contributed by atoms with Gasteiger partial charge in [-0.05, 0) is 55.2 Å². The lowest BCUT2D eigenvalue weighted by Gasteiger charge is -2.42. The van der Waals surface area contributed by atoms with Crippen LogP contribution in [-0.2, 0) is 11.3 Å². The number of carbonyl (C=O) groups excluding carboxylic acids is 1. The van der Waals surface area contributed by atoms with Crippen LogP contribution >= 0.6 is 0 Å². The molecule has 1 aliphatic heterocycles. The van der Waals surface area contributed by atoms with Gasteiger partial charge in [-0.25, -0.2) is 0 Å². The van der Waals surface area contributed by atoms with Crippen LogP contribution in [0.5, 0.6) is 5.75 Å². The monoisotopic (exact) mass is 299 g/mol. The van der Waals surface area contributed by atoms with Gasteiger partial charge in [-0.2, -0.15) is 0 Å². The van der Waals surface area contributed by atoms with E-state index in [9.17, 15) is 4.79 Å². The van der Waals surface area contributed by atoms with E-state index in [0.717, 1.165) is 37.0 Å². The summed E-state index contributed by atoms with van der Waals surface area (Å²) >= 11 is 0. The highest BCUT2D eigenvalue weighted by molar-refractivity contribution is 5.80. The second-order valence-corrected chi connectivity index (χ2v) is 7.28. The first kappa shape index (κ1) is 14.3. The van der Waals surface area contributed by atoms with Crippen molar-refractivity contribution in [2.75, 3.05) is 7.11 Å². The average Bonchev–Trinajstić information content (AvgIpc) is 3.40. The van der Waals surface area contributed by atoms with Crippen molar-refractivity contribution < 1.29 is 9.53 Å². The molecule has 1 saturated heterocycles. The topological polar surface area (TPSA) is 29.5 Å². The number of rotatable bonds is 5. The lowest BCUT2D eigenvalue weighted by molar-refractivity contribution is -0.126. The number of carbonyl (C=O) groups is 1. The number of Topliss-reactive ketones (excluding diaryl/α,β-unsaturated/α-hetero) is 1. The van der Waals surface area contributed by atoms with Gasteiger partial charge >= 0.3 is 0 Å². The van der Waals surface area contributed by atoms with Crippen LogP contribution in [0.1, 0.15) is 44.1 Å². The zero-order valence-corrected chi connectivity index (χ0v) is 13.3. The van der Waals surface area contributed by atoms with E-state index in [2.05, 4.69) is 17.0 Å². The molecule has 3 aliphatic rings. The SMILES string of the molecule is COc1ccc(CN2C(C3CC3)CC(=O)CC2C2CC2)cc1. The van der Waals surface area contributed by atoms with Gasteiger partial charge in [0.15, 0.2) is 0 Å². The van der Waals surface area contributed by atoms with Crippen molar-refractivity contribution in [3.05, 3.63) is 29.8 Å². The molecule has 1 aromatic rings. The highest BCUT2D eigenvalue weighted by Gasteiger charge is 2.47. The molecule has 2 saturated carbocycles. The third kappa shape index (κ3) is 2.91. The number of hydrogen-bond donors (Lipinski definition) is 0. The van der Waals surface area contributed by atoms with Crippen molar-refractivity contribution in [2.45, 2.75) is 57.2 Å². The van der Waals surface area contributed by atoms with Gasteiger partial charge in [-0.1, -0.05) is 12.1 Å². The minimum atomic E-state index is 0.494. The van der Waals surface area contributed by atoms with Crippen LogP contribution in [0.2, 0.25) is 0 Å². The third-order valence-corrected chi connectivity index (χ3v) is 5.58. The summed E-state index contributed by atoms with van der Waals surface area (Å²) in [4.78, 5) is 14.9. The van der Waals surface area contributed by atoms with Gasteiger partial charge in [-0.3, -0.25) is 9.69 Å². The minimum absolute atomic E-state index is 0.494. The maximum absolute atomic E-state index is 12.2. The third-order valence-electron chi connectivity index (χ3n) is 5.58. The molecule has 4 rings (SSSR count). The Balaban J connectivity index is 1.55. The first-order valence-electron chi connectivity index (χ1n) is 8.65. The lowest BCUT2D eigenvalue weighted by atomic mass is 9.88. The number of hydrogen-bond acceptors (Lipinski definition) is 3. The fourth-order valence-corrected chi connectivity index (χ4v) is 4.04. The molecular formula is C19H25NO2. The molecule has 1 heterocycles. The maximum Gasteiger partial charge on any atom is 0.136 e. The number of piperidine rings is 1. The van der Waals surface area contributed by atoms with E-state index in [-0.39, 0.29) is 0 Å². The van der Waals surface area contributed by atoms with Crippen LogP contribution in [0, 0.1) is 11.8 Å². The predicted octanol–water partition coefficient (Wildman–Crippen LogP) is 3.42. The van der Waals surface area contributed by atoms with Crippen molar-refractivity contribution in [3.8, 4) is 5.75 Å². The van der Waals surface area contributed by atoms with E-state index in [1.54, 1.807) is 7.11 Å². The first-order valence-corrected chi connectivity index (χ1v) is 8.65. The Labute approximate surface area is 132 Å². The summed E-state index contributed by atoms with van der Waals surface area (Å²) in [5, 5.41) is 0. The highest BCUT2D eigenvalue weighted by atomic mass is 16.5. The fourth-order valence-electron chi connectivity index (χ4n) is 4.04. The molecule has 3 fully saturated rings. The largest absolute Gasteiger partial charge is 0.497 e. The summed E-state index contributed by atoms with van der Waals surface area (Å²) in [7, 11) is 1.71. The standard InChI is InChI=1S/C19H25NO2/c1-22-17-8-2-13(3-9-17)12-20-18(14-4-5-14)10-16(21)11-19(20)15-6-7-15/h2-3,8-9,14-15,18-19H,4-7,10-12H2,1H3. The van der Waals surface area contributed by atoms with Gasteiger partial charge < -0.3 is 4.74 Å². The Bertz CT molecular complexity index is 521. The summed E-state index contributed by atoms with van der Waals surface area (Å²) in [6.45, 7) is 0.986. The van der Waals surface area contributed by atoms with E-state index >= 15 is 0 Å². The van der Waals surface area contributed by atoms with Crippen LogP contribution < -0.4 is 4.74 Å². The second-order valence-electron chi connectivity index (χ2n) is 7.28. The average molecular weight is 299 g/mol. The van der Waals surface area contributed by atoms with Crippen LogP contribution in [-0.4, -0.2) is 29.9 Å². The van der Waals surface area contributed by atoms with Gasteiger partial charge in [0.25, 0.3) is 0 Å². The van der Waals surface area contributed by atoms with Gasteiger partial charge in [0.2, 0.25) is 0 Å². The van der Waals surface area contributed by atoms with Gasteiger partial charge in [0.1, 0.15) is 11.5 Å². The van der Waals surface area contributed by atoms with Crippen LogP contribution in [0.4, 0.5) is 0 Å². The van der Waals surface area contributed by atoms with Gasteiger partial charge in [0, 0.05) is 31.5 Å². The molecule has 3 nitrogen and oxygen atoms in total. The smallest absolute Gasteiger partial charge is 0.136 e. The van der Waals surface area contributed by atoms with Gasteiger partial charge in [-0.15, -0.1) is 0 Å². The molecule has 1 aromatic carbocycles. The molecule has 118 valence electrons. The molecule has 2 atom stereocenters. The normalized spacial score (nSPS) is 29.6. The molecule has 0 aromatic heterocycles. The summed E-state index contributed by atoms with van der Waals surface area (Å²) in [5.74, 6) is 2.95. The van der Waals surface area contributed by atoms with E-state index in [4.69, 9.17) is 4.74 Å². The number of methoxy groups -OCH3 is 1. The Morgan fingerprint density at radius 2 is 1.55 bits per heavy atom. The van der Waals surface area contributed by atoms with Crippen LogP contribution in [0.3, 0.4) is 0 Å². The van der Waals surface area contributed by atoms with Crippen LogP contribution in [0.15, 0.2) is 24.3 Å². The van der Waals surface area contributed by atoms with Crippen molar-refractivity contribution in [1.82, 2.24) is 4.90 Å². The first-order chi connectivity index (χ1) is 10.7. The van der Waals surface area contributed by atoms with E-state index < -0.39 is 0 Å². The molecule has 0 spiro atoms. The fraction of sp³-hybridized carbons (Fsp3) is 0.632. The Morgan fingerprint density at radius 1 is 1.00 bits per heavy atom. The predicted molar refractivity (Wildman–Crippen MR) is 85.8 cm³/mol. The number of likely N-dealkylation sites (tertiary alicyclic amines) is 1. The Kier molecular flexibility index (Phi) is 3.69. The zero-order chi connectivity index (χ0) is 15.1. The van der Waals surface area contributed by atoms with Crippen molar-refractivity contribution in [2.24, 2.45) is 11.8 Å². The molecule has 3 heteroatoms. The quantitative estimate of drug-likeness (QED) is 0.834. The molecule has 2 aliphatic carbocycles. The Morgan fingerprint density at radius 3 is 2.00 bits per heavy atom. The zero-order valence-electron chi connectivity index (χ0n) is 13.3. The van der Waals surface area contributed by atoms with Crippen molar-refractivity contribution in [3.63, 3.8) is 0 Å². The number of ether oxygens (including phenoxy) is 1.